The molecule has 0 fully saturated rings. The van der Waals surface area contributed by atoms with E-state index in [2.05, 4.69) is 28.0 Å². The highest BCUT2D eigenvalue weighted by atomic mass is 32.1. The zero-order valence-electron chi connectivity index (χ0n) is 11.5. The maximum atomic E-state index is 9.58. The Labute approximate surface area is 129 Å². The Morgan fingerprint density at radius 2 is 1.81 bits per heavy atom. The monoisotopic (exact) mass is 299 g/mol. The molecule has 2 rings (SSSR count). The molecule has 0 heterocycles. The van der Waals surface area contributed by atoms with Crippen LogP contribution in [0.1, 0.15) is 11.1 Å². The Bertz CT molecular complexity index is 614. The number of nitrogens with one attached hydrogen (secondary N) is 2. The van der Waals surface area contributed by atoms with Gasteiger partial charge >= 0.3 is 0 Å². The summed E-state index contributed by atoms with van der Waals surface area (Å²) in [6.07, 6.45) is 2.42. The average molecular weight is 299 g/mol. The summed E-state index contributed by atoms with van der Waals surface area (Å²) in [5.41, 5.74) is 4.61. The fourth-order valence-electron chi connectivity index (χ4n) is 1.76. The van der Waals surface area contributed by atoms with E-state index in [1.807, 2.05) is 24.3 Å². The molecule has 0 aliphatic heterocycles. The van der Waals surface area contributed by atoms with Gasteiger partial charge in [-0.15, -0.1) is 0 Å². The second kappa shape index (κ2) is 8.01. The molecule has 0 aliphatic carbocycles. The lowest BCUT2D eigenvalue weighted by Crippen LogP contribution is -2.33. The molecule has 0 spiro atoms. The summed E-state index contributed by atoms with van der Waals surface area (Å²) in [5, 5.41) is 17.1. The summed E-state index contributed by atoms with van der Waals surface area (Å²) in [6.45, 7) is 0.738. The first-order chi connectivity index (χ1) is 10.3. The maximum absolute atomic E-state index is 9.58. The van der Waals surface area contributed by atoms with Gasteiger partial charge in [0.15, 0.2) is 5.11 Å². The van der Waals surface area contributed by atoms with Crippen LogP contribution in [0.5, 0.6) is 5.75 Å². The van der Waals surface area contributed by atoms with Crippen LogP contribution in [0.4, 0.5) is 0 Å². The predicted molar refractivity (Wildman–Crippen MR) is 89.6 cm³/mol. The predicted octanol–water partition coefficient (Wildman–Crippen LogP) is 2.43. The first-order valence-corrected chi connectivity index (χ1v) is 7.05. The molecule has 108 valence electrons. The van der Waals surface area contributed by atoms with Crippen LogP contribution in [0, 0.1) is 0 Å². The molecule has 0 radical (unpaired) electrons. The third kappa shape index (κ3) is 5.24. The molecule has 4 nitrogen and oxygen atoms in total. The summed E-state index contributed by atoms with van der Waals surface area (Å²) in [4.78, 5) is 0. The summed E-state index contributed by atoms with van der Waals surface area (Å²) < 4.78 is 0. The van der Waals surface area contributed by atoms with Gasteiger partial charge in [0.05, 0.1) is 6.21 Å². The van der Waals surface area contributed by atoms with E-state index in [1.165, 1.54) is 11.8 Å². The van der Waals surface area contributed by atoms with Gasteiger partial charge < -0.3 is 10.4 Å². The summed E-state index contributed by atoms with van der Waals surface area (Å²) >= 11 is 5.12. The molecule has 21 heavy (non-hydrogen) atoms. The summed E-state index contributed by atoms with van der Waals surface area (Å²) in [6, 6.07) is 17.2. The van der Waals surface area contributed by atoms with E-state index in [0.717, 1.165) is 13.0 Å². The second-order valence-electron chi connectivity index (χ2n) is 4.42. The molecule has 0 saturated heterocycles. The van der Waals surface area contributed by atoms with Crippen LogP contribution in [0.15, 0.2) is 59.7 Å². The van der Waals surface area contributed by atoms with Crippen LogP contribution in [0.25, 0.3) is 0 Å². The second-order valence-corrected chi connectivity index (χ2v) is 4.83. The molecule has 5 heteroatoms. The number of rotatable bonds is 5. The molecule has 3 N–H and O–H groups in total. The molecule has 0 aromatic heterocycles. The lowest BCUT2D eigenvalue weighted by Gasteiger charge is -2.06. The number of hydrazone groups is 1. The fourth-order valence-corrected chi connectivity index (χ4v) is 1.92. The SMILES string of the molecule is Oc1ccccc1/C=N/NC(=S)NCCc1ccccc1. The number of phenols is 1. The highest BCUT2D eigenvalue weighted by molar-refractivity contribution is 7.80. The van der Waals surface area contributed by atoms with E-state index in [1.54, 1.807) is 18.2 Å². The number of hydrogen-bond acceptors (Lipinski definition) is 3. The molecular formula is C16H17N3OS. The topological polar surface area (TPSA) is 56.7 Å². The largest absolute Gasteiger partial charge is 0.507 e. The zero-order chi connectivity index (χ0) is 14.9. The Morgan fingerprint density at radius 3 is 2.57 bits per heavy atom. The van der Waals surface area contributed by atoms with Crippen molar-refractivity contribution in [2.45, 2.75) is 6.42 Å². The quantitative estimate of drug-likeness (QED) is 0.451. The molecular weight excluding hydrogens is 282 g/mol. The van der Waals surface area contributed by atoms with Gasteiger partial charge in [0.25, 0.3) is 0 Å². The van der Waals surface area contributed by atoms with Crippen molar-refractivity contribution >= 4 is 23.5 Å². The molecule has 0 saturated carbocycles. The number of nitrogens with zero attached hydrogens (tertiary/aromatic N) is 1. The van der Waals surface area contributed by atoms with Crippen molar-refractivity contribution in [3.8, 4) is 5.75 Å². The van der Waals surface area contributed by atoms with Gasteiger partial charge in [-0.2, -0.15) is 5.10 Å². The van der Waals surface area contributed by atoms with E-state index in [9.17, 15) is 5.11 Å². The van der Waals surface area contributed by atoms with Crippen LogP contribution in [0.2, 0.25) is 0 Å². The Balaban J connectivity index is 1.71. The minimum Gasteiger partial charge on any atom is -0.507 e. The van der Waals surface area contributed by atoms with Gasteiger partial charge in [0.1, 0.15) is 5.75 Å². The lowest BCUT2D eigenvalue weighted by molar-refractivity contribution is 0.474. The van der Waals surface area contributed by atoms with Crippen molar-refractivity contribution in [3.05, 3.63) is 65.7 Å². The van der Waals surface area contributed by atoms with E-state index in [-0.39, 0.29) is 5.75 Å². The minimum atomic E-state index is 0.186. The number of benzene rings is 2. The summed E-state index contributed by atoms with van der Waals surface area (Å²) in [7, 11) is 0. The third-order valence-electron chi connectivity index (χ3n) is 2.85. The van der Waals surface area contributed by atoms with Crippen molar-refractivity contribution in [2.75, 3.05) is 6.54 Å². The van der Waals surface area contributed by atoms with Crippen LogP contribution < -0.4 is 10.7 Å². The van der Waals surface area contributed by atoms with Crippen molar-refractivity contribution in [1.82, 2.24) is 10.7 Å². The number of para-hydroxylation sites is 1. The van der Waals surface area contributed by atoms with Gasteiger partial charge in [-0.3, -0.25) is 5.43 Å². The van der Waals surface area contributed by atoms with Gasteiger partial charge in [-0.25, -0.2) is 0 Å². The van der Waals surface area contributed by atoms with Crippen LogP contribution in [-0.2, 0) is 6.42 Å². The zero-order valence-corrected chi connectivity index (χ0v) is 12.3. The molecule has 0 amide bonds. The molecule has 0 aliphatic rings. The Kier molecular flexibility index (Phi) is 5.72. The van der Waals surface area contributed by atoms with Gasteiger partial charge in [0.2, 0.25) is 0 Å². The van der Waals surface area contributed by atoms with Crippen molar-refractivity contribution in [1.29, 1.82) is 0 Å². The number of thiocarbonyl (C=S) groups is 1. The normalized spacial score (nSPS) is 10.5. The fraction of sp³-hybridized carbons (Fsp3) is 0.125. The van der Waals surface area contributed by atoms with Gasteiger partial charge in [0, 0.05) is 12.1 Å². The highest BCUT2D eigenvalue weighted by Crippen LogP contribution is 2.12. The van der Waals surface area contributed by atoms with Crippen LogP contribution in [-0.4, -0.2) is 23.0 Å². The molecule has 0 unspecified atom stereocenters. The van der Waals surface area contributed by atoms with E-state index in [4.69, 9.17) is 12.2 Å². The van der Waals surface area contributed by atoms with Crippen molar-refractivity contribution in [3.63, 3.8) is 0 Å². The highest BCUT2D eigenvalue weighted by Gasteiger charge is 1.96. The molecule has 0 bridgehead atoms. The van der Waals surface area contributed by atoms with Gasteiger partial charge in [-0.1, -0.05) is 42.5 Å². The first-order valence-electron chi connectivity index (χ1n) is 6.64. The molecule has 2 aromatic rings. The smallest absolute Gasteiger partial charge is 0.186 e. The Hall–Kier alpha value is -2.40. The van der Waals surface area contributed by atoms with Gasteiger partial charge in [-0.05, 0) is 36.3 Å². The number of phenolic OH excluding ortho intramolecular Hbond substituents is 1. The molecule has 0 atom stereocenters. The van der Waals surface area contributed by atoms with E-state index < -0.39 is 0 Å². The van der Waals surface area contributed by atoms with Crippen molar-refractivity contribution < 1.29 is 5.11 Å². The maximum Gasteiger partial charge on any atom is 0.186 e. The van der Waals surface area contributed by atoms with Crippen molar-refractivity contribution in [2.24, 2.45) is 5.10 Å². The minimum absolute atomic E-state index is 0.186. The third-order valence-corrected chi connectivity index (χ3v) is 3.08. The first kappa shape index (κ1) is 15.0. The number of aromatic hydroxyl groups is 1. The van der Waals surface area contributed by atoms with Crippen LogP contribution in [0.3, 0.4) is 0 Å². The average Bonchev–Trinajstić information content (AvgIpc) is 2.50. The van der Waals surface area contributed by atoms with E-state index in [0.29, 0.717) is 10.7 Å². The lowest BCUT2D eigenvalue weighted by atomic mass is 10.1. The molecule has 2 aromatic carbocycles. The summed E-state index contributed by atoms with van der Waals surface area (Å²) in [5.74, 6) is 0.186. The number of hydrogen-bond donors (Lipinski definition) is 3. The Morgan fingerprint density at radius 1 is 1.10 bits per heavy atom. The standard InChI is InChI=1S/C16H17N3OS/c20-15-9-5-4-8-14(15)12-18-19-16(21)17-11-10-13-6-2-1-3-7-13/h1-9,12,20H,10-11H2,(H2,17,19,21)/b18-12+. The van der Waals surface area contributed by atoms with E-state index >= 15 is 0 Å². The van der Waals surface area contributed by atoms with Crippen LogP contribution >= 0.6 is 12.2 Å².